The molecule has 0 saturated heterocycles. The van der Waals surface area contributed by atoms with Crippen LogP contribution in [-0.4, -0.2) is 23.6 Å². The largest absolute Gasteiger partial charge is 0.463 e. The first-order valence-electron chi connectivity index (χ1n) is 3.99. The highest BCUT2D eigenvalue weighted by Gasteiger charge is 2.17. The van der Waals surface area contributed by atoms with Crippen molar-refractivity contribution in [3.63, 3.8) is 0 Å². The molecule has 0 aromatic heterocycles. The molecule has 0 radical (unpaired) electrons. The van der Waals surface area contributed by atoms with Crippen LogP contribution in [0.25, 0.3) is 0 Å². The monoisotopic (exact) mass is 210 g/mol. The number of carbonyl (C=O) groups is 1. The van der Waals surface area contributed by atoms with Gasteiger partial charge in [-0.3, -0.25) is 9.09 Å². The van der Waals surface area contributed by atoms with Crippen molar-refractivity contribution in [2.75, 3.05) is 6.61 Å². The van der Waals surface area contributed by atoms with E-state index in [4.69, 9.17) is 9.63 Å². The summed E-state index contributed by atoms with van der Waals surface area (Å²) in [7, 11) is -3.07. The van der Waals surface area contributed by atoms with Gasteiger partial charge in [-0.1, -0.05) is 13.8 Å². The van der Waals surface area contributed by atoms with Crippen LogP contribution in [0, 0.1) is 5.92 Å². The van der Waals surface area contributed by atoms with Crippen molar-refractivity contribution in [3.8, 4) is 0 Å². The van der Waals surface area contributed by atoms with E-state index in [9.17, 15) is 9.36 Å². The molecule has 2 unspecified atom stereocenters. The lowest BCUT2D eigenvalue weighted by Gasteiger charge is -2.11. The molecular weight excluding hydrogens is 195 g/mol. The van der Waals surface area contributed by atoms with E-state index in [1.165, 1.54) is 6.92 Å². The van der Waals surface area contributed by atoms with Gasteiger partial charge in [0, 0.05) is 0 Å². The zero-order valence-corrected chi connectivity index (χ0v) is 8.94. The molecule has 0 aliphatic carbocycles. The van der Waals surface area contributed by atoms with Crippen molar-refractivity contribution in [2.24, 2.45) is 5.92 Å². The Morgan fingerprint density at radius 2 is 2.00 bits per heavy atom. The summed E-state index contributed by atoms with van der Waals surface area (Å²) in [4.78, 5) is 19.4. The number of hydrogen-bond donors (Lipinski definition) is 1. The van der Waals surface area contributed by atoms with Gasteiger partial charge >= 0.3 is 14.2 Å². The molecule has 0 amide bonds. The van der Waals surface area contributed by atoms with Gasteiger partial charge in [0.15, 0.2) is 6.10 Å². The standard InChI is InChI=1S/C7H15O5P/c1-5(2)4-11-7(8)6(3)12-13(9)10/h5-6,13H,4H2,1-3H3,(H,9,10). The van der Waals surface area contributed by atoms with Crippen molar-refractivity contribution >= 4 is 14.2 Å². The first-order chi connectivity index (χ1) is 5.93. The Morgan fingerprint density at radius 3 is 2.38 bits per heavy atom. The highest BCUT2D eigenvalue weighted by atomic mass is 31.1. The minimum atomic E-state index is -3.07. The SMILES string of the molecule is CC(C)COC(=O)C(C)O[PH](=O)O. The molecule has 0 aliphatic rings. The second-order valence-electron chi connectivity index (χ2n) is 3.05. The van der Waals surface area contributed by atoms with E-state index in [0.717, 1.165) is 0 Å². The Bertz CT molecular complexity index is 191. The molecule has 0 aromatic carbocycles. The molecule has 5 nitrogen and oxygen atoms in total. The average Bonchev–Trinajstić information content (AvgIpc) is 1.98. The van der Waals surface area contributed by atoms with E-state index in [1.54, 1.807) is 0 Å². The van der Waals surface area contributed by atoms with Gasteiger partial charge in [0.25, 0.3) is 0 Å². The van der Waals surface area contributed by atoms with Gasteiger partial charge in [0.2, 0.25) is 0 Å². The maximum Gasteiger partial charge on any atom is 0.335 e. The van der Waals surface area contributed by atoms with E-state index in [2.05, 4.69) is 4.52 Å². The van der Waals surface area contributed by atoms with E-state index in [-0.39, 0.29) is 5.92 Å². The minimum absolute atomic E-state index is 0.238. The topological polar surface area (TPSA) is 72.8 Å². The molecule has 0 saturated carbocycles. The highest BCUT2D eigenvalue weighted by Crippen LogP contribution is 2.18. The molecule has 13 heavy (non-hydrogen) atoms. The third kappa shape index (κ3) is 6.75. The summed E-state index contributed by atoms with van der Waals surface area (Å²) in [5.41, 5.74) is 0. The molecule has 2 atom stereocenters. The Hall–Kier alpha value is -0.380. The lowest BCUT2D eigenvalue weighted by atomic mass is 10.2. The van der Waals surface area contributed by atoms with Crippen LogP contribution < -0.4 is 0 Å². The van der Waals surface area contributed by atoms with Gasteiger partial charge in [-0.05, 0) is 12.8 Å². The van der Waals surface area contributed by atoms with Crippen LogP contribution in [0.4, 0.5) is 0 Å². The number of ether oxygens (including phenoxy) is 1. The third-order valence-corrected chi connectivity index (χ3v) is 1.72. The van der Waals surface area contributed by atoms with Crippen molar-refractivity contribution in [1.29, 1.82) is 0 Å². The molecule has 0 fully saturated rings. The fourth-order valence-corrected chi connectivity index (χ4v) is 0.964. The normalized spacial score (nSPS) is 15.5. The van der Waals surface area contributed by atoms with Gasteiger partial charge in [-0.25, -0.2) is 4.79 Å². The summed E-state index contributed by atoms with van der Waals surface area (Å²) >= 11 is 0. The zero-order chi connectivity index (χ0) is 10.4. The zero-order valence-electron chi connectivity index (χ0n) is 7.94. The van der Waals surface area contributed by atoms with Gasteiger partial charge in [-0.2, -0.15) is 0 Å². The molecule has 0 aliphatic heterocycles. The molecule has 0 heterocycles. The average molecular weight is 210 g/mol. The number of rotatable bonds is 5. The van der Waals surface area contributed by atoms with E-state index >= 15 is 0 Å². The summed E-state index contributed by atoms with van der Waals surface area (Å²) in [6.07, 6.45) is -0.977. The first-order valence-corrected chi connectivity index (χ1v) is 5.26. The molecule has 78 valence electrons. The Balaban J connectivity index is 3.76. The second kappa shape index (κ2) is 6.13. The summed E-state index contributed by atoms with van der Waals surface area (Å²) in [6, 6.07) is 0. The quantitative estimate of drug-likeness (QED) is 0.540. The highest BCUT2D eigenvalue weighted by molar-refractivity contribution is 7.32. The van der Waals surface area contributed by atoms with Crippen LogP contribution in [0.3, 0.4) is 0 Å². The maximum absolute atomic E-state index is 11.0. The van der Waals surface area contributed by atoms with Crippen LogP contribution in [0.1, 0.15) is 20.8 Å². The van der Waals surface area contributed by atoms with Crippen LogP contribution in [0.5, 0.6) is 0 Å². The number of hydrogen-bond acceptors (Lipinski definition) is 4. The third-order valence-electron chi connectivity index (χ3n) is 1.17. The van der Waals surface area contributed by atoms with Crippen molar-refractivity contribution in [1.82, 2.24) is 0 Å². The summed E-state index contributed by atoms with van der Waals surface area (Å²) in [5, 5.41) is 0. The smallest absolute Gasteiger partial charge is 0.335 e. The lowest BCUT2D eigenvalue weighted by molar-refractivity contribution is -0.152. The number of esters is 1. The Labute approximate surface area is 78.0 Å². The summed E-state index contributed by atoms with van der Waals surface area (Å²) in [5.74, 6) is -0.372. The fourth-order valence-electron chi connectivity index (χ4n) is 0.565. The van der Waals surface area contributed by atoms with E-state index < -0.39 is 20.3 Å². The Morgan fingerprint density at radius 1 is 1.46 bits per heavy atom. The minimum Gasteiger partial charge on any atom is -0.463 e. The van der Waals surface area contributed by atoms with Crippen molar-refractivity contribution in [2.45, 2.75) is 26.9 Å². The molecular formula is C7H15O5P. The predicted octanol–water partition coefficient (Wildman–Crippen LogP) is 0.973. The lowest BCUT2D eigenvalue weighted by Crippen LogP contribution is -2.22. The second-order valence-corrected chi connectivity index (χ2v) is 3.82. The van der Waals surface area contributed by atoms with E-state index in [1.807, 2.05) is 13.8 Å². The molecule has 0 bridgehead atoms. The van der Waals surface area contributed by atoms with Gasteiger partial charge in [0.1, 0.15) is 0 Å². The summed E-state index contributed by atoms with van der Waals surface area (Å²) in [6.45, 7) is 5.46. The summed E-state index contributed by atoms with van der Waals surface area (Å²) < 4.78 is 19.3. The van der Waals surface area contributed by atoms with Gasteiger partial charge < -0.3 is 9.63 Å². The molecule has 6 heteroatoms. The Kier molecular flexibility index (Phi) is 5.95. The van der Waals surface area contributed by atoms with Crippen LogP contribution in [-0.2, 0) is 18.6 Å². The first kappa shape index (κ1) is 12.6. The van der Waals surface area contributed by atoms with Crippen LogP contribution >= 0.6 is 8.25 Å². The molecule has 0 aromatic rings. The van der Waals surface area contributed by atoms with Crippen molar-refractivity contribution in [3.05, 3.63) is 0 Å². The number of carbonyl (C=O) groups excluding carboxylic acids is 1. The molecule has 1 N–H and O–H groups in total. The van der Waals surface area contributed by atoms with Gasteiger partial charge in [-0.15, -0.1) is 0 Å². The van der Waals surface area contributed by atoms with Crippen molar-refractivity contribution < 1.29 is 23.5 Å². The molecule has 0 rings (SSSR count). The van der Waals surface area contributed by atoms with Gasteiger partial charge in [0.05, 0.1) is 6.61 Å². The van der Waals surface area contributed by atoms with E-state index in [0.29, 0.717) is 6.61 Å². The van der Waals surface area contributed by atoms with Crippen LogP contribution in [0.15, 0.2) is 0 Å². The van der Waals surface area contributed by atoms with Crippen LogP contribution in [0.2, 0.25) is 0 Å². The maximum atomic E-state index is 11.0. The fraction of sp³-hybridized carbons (Fsp3) is 0.857. The predicted molar refractivity (Wildman–Crippen MR) is 47.6 cm³/mol. The molecule has 0 spiro atoms.